The molecule has 1 rings (SSSR count). The number of aliphatic imine (C=N–C) groups is 1. The average Bonchev–Trinajstić information content (AvgIpc) is 2.04. The number of carbonyl (C=O) groups excluding carboxylic acids is 1. The van der Waals surface area contributed by atoms with Crippen LogP contribution in [-0.2, 0) is 0 Å². The van der Waals surface area contributed by atoms with E-state index in [0.717, 1.165) is 12.8 Å². The molecule has 0 aliphatic heterocycles. The third kappa shape index (κ3) is 3.78. The lowest BCUT2D eigenvalue weighted by atomic mass is 9.96. The molecule has 0 radical (unpaired) electrons. The molecule has 0 saturated heterocycles. The van der Waals surface area contributed by atoms with Crippen molar-refractivity contribution in [1.82, 2.24) is 5.32 Å². The van der Waals surface area contributed by atoms with Gasteiger partial charge in [0.2, 0.25) is 0 Å². The van der Waals surface area contributed by atoms with Gasteiger partial charge in [-0.25, -0.2) is 9.79 Å². The van der Waals surface area contributed by atoms with Gasteiger partial charge in [0.1, 0.15) is 0 Å². The van der Waals surface area contributed by atoms with Gasteiger partial charge in [0.25, 0.3) is 0 Å². The molecule has 0 atom stereocenters. The Labute approximate surface area is 77.6 Å². The monoisotopic (exact) mass is 184 g/mol. The number of nitrogens with zero attached hydrogens (tertiary/aromatic N) is 1. The van der Waals surface area contributed by atoms with Gasteiger partial charge in [-0.3, -0.25) is 5.32 Å². The number of amides is 2. The van der Waals surface area contributed by atoms with Gasteiger partial charge in [-0.15, -0.1) is 0 Å². The van der Waals surface area contributed by atoms with Crippen LogP contribution in [0.25, 0.3) is 0 Å². The van der Waals surface area contributed by atoms with Crippen LogP contribution in [0.15, 0.2) is 4.99 Å². The highest BCUT2D eigenvalue weighted by Crippen LogP contribution is 2.19. The number of rotatable bonds is 1. The second-order valence-corrected chi connectivity index (χ2v) is 3.30. The minimum absolute atomic E-state index is 0.138. The van der Waals surface area contributed by atoms with Crippen LogP contribution < -0.4 is 16.8 Å². The number of guanidine groups is 1. The van der Waals surface area contributed by atoms with E-state index in [2.05, 4.69) is 10.3 Å². The lowest BCUT2D eigenvalue weighted by Gasteiger charge is -2.17. The SMILES string of the molecule is NC(=O)NC(N)=NC1CCCCC1. The third-order valence-electron chi connectivity index (χ3n) is 2.15. The maximum atomic E-state index is 10.4. The molecule has 1 fully saturated rings. The molecular weight excluding hydrogens is 168 g/mol. The topological polar surface area (TPSA) is 93.5 Å². The minimum atomic E-state index is -0.656. The summed E-state index contributed by atoms with van der Waals surface area (Å²) < 4.78 is 0. The normalized spacial score (nSPS) is 19.8. The zero-order valence-electron chi connectivity index (χ0n) is 7.62. The molecule has 0 unspecified atom stereocenters. The fourth-order valence-electron chi connectivity index (χ4n) is 1.57. The molecule has 13 heavy (non-hydrogen) atoms. The van der Waals surface area contributed by atoms with Crippen LogP contribution in [0, 0.1) is 0 Å². The highest BCUT2D eigenvalue weighted by atomic mass is 16.2. The number of nitrogens with one attached hydrogen (secondary N) is 1. The van der Waals surface area contributed by atoms with E-state index in [1.54, 1.807) is 0 Å². The van der Waals surface area contributed by atoms with Crippen LogP contribution in [-0.4, -0.2) is 18.0 Å². The first kappa shape index (κ1) is 9.83. The van der Waals surface area contributed by atoms with Gasteiger partial charge in [-0.05, 0) is 12.8 Å². The van der Waals surface area contributed by atoms with E-state index in [0.29, 0.717) is 0 Å². The molecule has 0 bridgehead atoms. The van der Waals surface area contributed by atoms with Crippen molar-refractivity contribution in [2.45, 2.75) is 38.1 Å². The van der Waals surface area contributed by atoms with Crippen LogP contribution in [0.5, 0.6) is 0 Å². The second-order valence-electron chi connectivity index (χ2n) is 3.30. The van der Waals surface area contributed by atoms with Crippen LogP contribution in [0.3, 0.4) is 0 Å². The van der Waals surface area contributed by atoms with Crippen molar-refractivity contribution >= 4 is 12.0 Å². The minimum Gasteiger partial charge on any atom is -0.370 e. The predicted molar refractivity (Wildman–Crippen MR) is 51.2 cm³/mol. The second kappa shape index (κ2) is 4.69. The molecular formula is C8H16N4O. The molecule has 1 aliphatic rings. The van der Waals surface area contributed by atoms with Gasteiger partial charge in [-0.2, -0.15) is 0 Å². The van der Waals surface area contributed by atoms with Gasteiger partial charge >= 0.3 is 6.03 Å². The molecule has 5 heteroatoms. The first-order valence-corrected chi connectivity index (χ1v) is 4.58. The van der Waals surface area contributed by atoms with Gasteiger partial charge in [0, 0.05) is 0 Å². The van der Waals surface area contributed by atoms with Crippen LogP contribution in [0.4, 0.5) is 4.79 Å². The van der Waals surface area contributed by atoms with Crippen molar-refractivity contribution in [2.24, 2.45) is 16.5 Å². The number of urea groups is 1. The number of carbonyl (C=O) groups is 1. The number of primary amides is 1. The molecule has 0 spiro atoms. The van der Waals surface area contributed by atoms with E-state index in [4.69, 9.17) is 11.5 Å². The lowest BCUT2D eigenvalue weighted by Crippen LogP contribution is -2.41. The third-order valence-corrected chi connectivity index (χ3v) is 2.15. The maximum absolute atomic E-state index is 10.4. The van der Waals surface area contributed by atoms with Crippen molar-refractivity contribution in [3.63, 3.8) is 0 Å². The molecule has 1 saturated carbocycles. The first-order chi connectivity index (χ1) is 6.18. The summed E-state index contributed by atoms with van der Waals surface area (Å²) in [6.07, 6.45) is 5.77. The Morgan fingerprint density at radius 2 is 1.85 bits per heavy atom. The molecule has 74 valence electrons. The van der Waals surface area contributed by atoms with Crippen molar-refractivity contribution in [3.05, 3.63) is 0 Å². The quantitative estimate of drug-likeness (QED) is 0.404. The molecule has 0 aromatic carbocycles. The molecule has 1 aliphatic carbocycles. The van der Waals surface area contributed by atoms with E-state index in [9.17, 15) is 4.79 Å². The summed E-state index contributed by atoms with van der Waals surface area (Å²) >= 11 is 0. The highest BCUT2D eigenvalue weighted by Gasteiger charge is 2.12. The standard InChI is InChI=1S/C8H16N4O/c9-7(12-8(10)13)11-6-4-2-1-3-5-6/h6H,1-5H2,(H5,9,10,11,12,13). The van der Waals surface area contributed by atoms with E-state index in [1.165, 1.54) is 19.3 Å². The molecule has 2 amide bonds. The summed E-state index contributed by atoms with van der Waals surface area (Å²) in [7, 11) is 0. The summed E-state index contributed by atoms with van der Waals surface area (Å²) in [5.41, 5.74) is 10.3. The Balaban J connectivity index is 2.38. The Morgan fingerprint density at radius 1 is 1.23 bits per heavy atom. The molecule has 5 N–H and O–H groups in total. The zero-order chi connectivity index (χ0) is 9.68. The van der Waals surface area contributed by atoms with Gasteiger partial charge < -0.3 is 11.5 Å². The number of hydrogen-bond donors (Lipinski definition) is 3. The van der Waals surface area contributed by atoms with Crippen LogP contribution in [0.1, 0.15) is 32.1 Å². The Kier molecular flexibility index (Phi) is 3.54. The molecule has 0 aromatic rings. The van der Waals surface area contributed by atoms with Crippen LogP contribution >= 0.6 is 0 Å². The Bertz CT molecular complexity index is 208. The van der Waals surface area contributed by atoms with Crippen molar-refractivity contribution < 1.29 is 4.79 Å². The fourth-order valence-corrected chi connectivity index (χ4v) is 1.57. The van der Waals surface area contributed by atoms with E-state index in [-0.39, 0.29) is 12.0 Å². The molecule has 0 heterocycles. The number of nitrogens with two attached hydrogens (primary N) is 2. The predicted octanol–water partition coefficient (Wildman–Crippen LogP) is 0.302. The van der Waals surface area contributed by atoms with E-state index < -0.39 is 6.03 Å². The first-order valence-electron chi connectivity index (χ1n) is 4.58. The Hall–Kier alpha value is -1.26. The summed E-state index contributed by atoms with van der Waals surface area (Å²) in [6.45, 7) is 0. The average molecular weight is 184 g/mol. The Morgan fingerprint density at radius 3 is 2.38 bits per heavy atom. The maximum Gasteiger partial charge on any atom is 0.318 e. The smallest absolute Gasteiger partial charge is 0.318 e. The van der Waals surface area contributed by atoms with Crippen molar-refractivity contribution in [2.75, 3.05) is 0 Å². The van der Waals surface area contributed by atoms with Gasteiger partial charge in [0.15, 0.2) is 5.96 Å². The number of hydrogen-bond acceptors (Lipinski definition) is 2. The van der Waals surface area contributed by atoms with Crippen LogP contribution in [0.2, 0.25) is 0 Å². The van der Waals surface area contributed by atoms with Crippen molar-refractivity contribution in [1.29, 1.82) is 0 Å². The summed E-state index contributed by atoms with van der Waals surface area (Å²) in [5, 5.41) is 2.26. The fraction of sp³-hybridized carbons (Fsp3) is 0.750. The van der Waals surface area contributed by atoms with Gasteiger partial charge in [-0.1, -0.05) is 19.3 Å². The van der Waals surface area contributed by atoms with E-state index in [1.807, 2.05) is 0 Å². The molecule has 0 aromatic heterocycles. The highest BCUT2D eigenvalue weighted by molar-refractivity contribution is 5.94. The largest absolute Gasteiger partial charge is 0.370 e. The molecule has 5 nitrogen and oxygen atoms in total. The summed E-state index contributed by atoms with van der Waals surface area (Å²) in [5.74, 6) is 0.138. The lowest BCUT2D eigenvalue weighted by molar-refractivity contribution is 0.253. The summed E-state index contributed by atoms with van der Waals surface area (Å²) in [6, 6.07) is -0.391. The van der Waals surface area contributed by atoms with E-state index >= 15 is 0 Å². The van der Waals surface area contributed by atoms with Gasteiger partial charge in [0.05, 0.1) is 6.04 Å². The zero-order valence-corrected chi connectivity index (χ0v) is 7.62. The summed E-state index contributed by atoms with van der Waals surface area (Å²) in [4.78, 5) is 14.6. The van der Waals surface area contributed by atoms with Crippen molar-refractivity contribution in [3.8, 4) is 0 Å².